The molecule has 112 valence electrons. The average Bonchev–Trinajstić information content (AvgIpc) is 3.16. The van der Waals surface area contributed by atoms with Gasteiger partial charge in [-0.25, -0.2) is 0 Å². The summed E-state index contributed by atoms with van der Waals surface area (Å²) in [6.45, 7) is 3.10. The highest BCUT2D eigenvalue weighted by Gasteiger charge is 2.45. The number of furan rings is 1. The second kappa shape index (κ2) is 6.37. The Balaban J connectivity index is 2.07. The Kier molecular flexibility index (Phi) is 4.51. The van der Waals surface area contributed by atoms with Gasteiger partial charge in [-0.05, 0) is 46.9 Å². The maximum absolute atomic E-state index is 5.83. The van der Waals surface area contributed by atoms with Gasteiger partial charge in [0.25, 0.3) is 0 Å². The number of nitrogens with one attached hydrogen (secondary N) is 1. The van der Waals surface area contributed by atoms with Crippen LogP contribution in [0.25, 0.3) is 0 Å². The number of rotatable bonds is 5. The lowest BCUT2D eigenvalue weighted by molar-refractivity contribution is 0.264. The molecule has 1 fully saturated rings. The summed E-state index contributed by atoms with van der Waals surface area (Å²) in [5.41, 5.74) is 1.56. The molecule has 3 rings (SSSR count). The number of likely N-dealkylation sites (N-methyl/N-ethyl adjacent to an activating group) is 1. The fourth-order valence-electron chi connectivity index (χ4n) is 3.77. The van der Waals surface area contributed by atoms with Crippen molar-refractivity contribution in [1.82, 2.24) is 5.32 Å². The zero-order valence-corrected chi connectivity index (χ0v) is 14.0. The summed E-state index contributed by atoms with van der Waals surface area (Å²) in [6, 6.07) is 13.1. The molecule has 2 nitrogen and oxygen atoms in total. The highest BCUT2D eigenvalue weighted by atomic mass is 79.9. The van der Waals surface area contributed by atoms with Crippen LogP contribution in [0.1, 0.15) is 50.0 Å². The van der Waals surface area contributed by atoms with E-state index >= 15 is 0 Å². The molecular formula is C18H22BrNO. The molecule has 0 saturated heterocycles. The minimum absolute atomic E-state index is 0.137. The number of benzene rings is 1. The molecule has 0 amide bonds. The van der Waals surface area contributed by atoms with E-state index in [1.54, 1.807) is 6.26 Å². The first kappa shape index (κ1) is 14.9. The molecule has 1 aliphatic rings. The molecule has 1 aliphatic carbocycles. The molecule has 1 atom stereocenters. The summed E-state index contributed by atoms with van der Waals surface area (Å²) >= 11 is 3.65. The van der Waals surface area contributed by atoms with Crippen molar-refractivity contribution < 1.29 is 4.42 Å². The largest absolute Gasteiger partial charge is 0.466 e. The topological polar surface area (TPSA) is 25.2 Å². The lowest BCUT2D eigenvalue weighted by Crippen LogP contribution is -2.40. The SMILES string of the molecule is CCNC(c1occc1Br)C1(c2ccccc2)CCCC1. The van der Waals surface area contributed by atoms with Gasteiger partial charge in [-0.3, -0.25) is 0 Å². The predicted octanol–water partition coefficient (Wildman–Crippen LogP) is 5.20. The molecule has 1 aromatic carbocycles. The maximum atomic E-state index is 5.83. The van der Waals surface area contributed by atoms with E-state index in [4.69, 9.17) is 4.42 Å². The first-order chi connectivity index (χ1) is 10.3. The summed E-state index contributed by atoms with van der Waals surface area (Å²) in [5, 5.41) is 3.68. The Hall–Kier alpha value is -1.06. The van der Waals surface area contributed by atoms with E-state index in [-0.39, 0.29) is 11.5 Å². The van der Waals surface area contributed by atoms with Crippen LogP contribution in [-0.2, 0) is 5.41 Å². The smallest absolute Gasteiger partial charge is 0.135 e. The second-order valence-electron chi connectivity index (χ2n) is 5.85. The molecule has 2 aromatic rings. The molecule has 1 saturated carbocycles. The van der Waals surface area contributed by atoms with E-state index < -0.39 is 0 Å². The number of hydrogen-bond donors (Lipinski definition) is 1. The molecule has 0 spiro atoms. The molecule has 1 N–H and O–H groups in total. The van der Waals surface area contributed by atoms with Crippen LogP contribution >= 0.6 is 15.9 Å². The summed E-state index contributed by atoms with van der Waals surface area (Å²) in [4.78, 5) is 0. The first-order valence-electron chi connectivity index (χ1n) is 7.80. The van der Waals surface area contributed by atoms with Crippen molar-refractivity contribution in [2.24, 2.45) is 0 Å². The lowest BCUT2D eigenvalue weighted by atomic mass is 9.71. The van der Waals surface area contributed by atoms with Crippen molar-refractivity contribution in [2.75, 3.05) is 6.54 Å². The van der Waals surface area contributed by atoms with Crippen molar-refractivity contribution in [3.8, 4) is 0 Å². The van der Waals surface area contributed by atoms with Crippen LogP contribution in [0.4, 0.5) is 0 Å². The molecule has 0 bridgehead atoms. The van der Waals surface area contributed by atoms with E-state index in [0.717, 1.165) is 16.8 Å². The number of hydrogen-bond acceptors (Lipinski definition) is 2. The maximum Gasteiger partial charge on any atom is 0.135 e. The van der Waals surface area contributed by atoms with E-state index in [0.29, 0.717) is 0 Å². The monoisotopic (exact) mass is 347 g/mol. The van der Waals surface area contributed by atoms with E-state index in [1.807, 2.05) is 6.07 Å². The fourth-order valence-corrected chi connectivity index (χ4v) is 4.20. The molecule has 1 aromatic heterocycles. The van der Waals surface area contributed by atoms with Crippen molar-refractivity contribution >= 4 is 15.9 Å². The van der Waals surface area contributed by atoms with Crippen LogP contribution in [0, 0.1) is 0 Å². The average molecular weight is 348 g/mol. The highest BCUT2D eigenvalue weighted by molar-refractivity contribution is 9.10. The molecule has 0 aliphatic heterocycles. The van der Waals surface area contributed by atoms with Gasteiger partial charge in [0, 0.05) is 5.41 Å². The third kappa shape index (κ3) is 2.69. The van der Waals surface area contributed by atoms with E-state index in [2.05, 4.69) is 58.5 Å². The molecule has 21 heavy (non-hydrogen) atoms. The van der Waals surface area contributed by atoms with Crippen LogP contribution in [0.3, 0.4) is 0 Å². The molecule has 3 heteroatoms. The standard InChI is InChI=1S/C18H22BrNO/c1-2-20-17(16-15(19)10-13-21-16)18(11-6-7-12-18)14-8-4-3-5-9-14/h3-5,8-10,13,17,20H,2,6-7,11-12H2,1H3. The van der Waals surface area contributed by atoms with Crippen molar-refractivity contribution in [1.29, 1.82) is 0 Å². The van der Waals surface area contributed by atoms with Crippen LogP contribution in [0.2, 0.25) is 0 Å². The van der Waals surface area contributed by atoms with Gasteiger partial charge in [-0.2, -0.15) is 0 Å². The van der Waals surface area contributed by atoms with Gasteiger partial charge in [0.05, 0.1) is 16.8 Å². The zero-order chi connectivity index (χ0) is 14.7. The van der Waals surface area contributed by atoms with Crippen molar-refractivity contribution in [2.45, 2.75) is 44.1 Å². The van der Waals surface area contributed by atoms with E-state index in [9.17, 15) is 0 Å². The van der Waals surface area contributed by atoms with Crippen LogP contribution < -0.4 is 5.32 Å². The normalized spacial score (nSPS) is 18.8. The third-order valence-corrected chi connectivity index (χ3v) is 5.37. The Morgan fingerprint density at radius 2 is 1.90 bits per heavy atom. The van der Waals surface area contributed by atoms with Gasteiger partial charge >= 0.3 is 0 Å². The van der Waals surface area contributed by atoms with Gasteiger partial charge < -0.3 is 9.73 Å². The second-order valence-corrected chi connectivity index (χ2v) is 6.71. The summed E-state index contributed by atoms with van der Waals surface area (Å²) in [5.74, 6) is 1.03. The van der Waals surface area contributed by atoms with Gasteiger partial charge in [-0.1, -0.05) is 50.1 Å². The molecule has 1 unspecified atom stereocenters. The van der Waals surface area contributed by atoms with Gasteiger partial charge in [-0.15, -0.1) is 0 Å². The molecule has 0 radical (unpaired) electrons. The zero-order valence-electron chi connectivity index (χ0n) is 12.4. The van der Waals surface area contributed by atoms with E-state index in [1.165, 1.54) is 31.2 Å². The van der Waals surface area contributed by atoms with Gasteiger partial charge in [0.15, 0.2) is 0 Å². The Morgan fingerprint density at radius 1 is 1.19 bits per heavy atom. The van der Waals surface area contributed by atoms with Crippen LogP contribution in [0.15, 0.2) is 51.6 Å². The van der Waals surface area contributed by atoms with Crippen LogP contribution in [0.5, 0.6) is 0 Å². The number of halogens is 1. The summed E-state index contributed by atoms with van der Waals surface area (Å²) in [6.07, 6.45) is 6.77. The summed E-state index contributed by atoms with van der Waals surface area (Å²) < 4.78 is 6.89. The Bertz CT molecular complexity index is 572. The van der Waals surface area contributed by atoms with Crippen molar-refractivity contribution in [3.05, 3.63) is 58.5 Å². The first-order valence-corrected chi connectivity index (χ1v) is 8.59. The minimum Gasteiger partial charge on any atom is -0.466 e. The molecule has 1 heterocycles. The highest BCUT2D eigenvalue weighted by Crippen LogP contribution is 2.50. The van der Waals surface area contributed by atoms with Crippen LogP contribution in [-0.4, -0.2) is 6.54 Å². The Morgan fingerprint density at radius 3 is 2.48 bits per heavy atom. The van der Waals surface area contributed by atoms with Crippen molar-refractivity contribution in [3.63, 3.8) is 0 Å². The quantitative estimate of drug-likeness (QED) is 0.803. The predicted molar refractivity (Wildman–Crippen MR) is 89.4 cm³/mol. The summed E-state index contributed by atoms with van der Waals surface area (Å²) in [7, 11) is 0. The van der Waals surface area contributed by atoms with Gasteiger partial charge in [0.2, 0.25) is 0 Å². The van der Waals surface area contributed by atoms with Gasteiger partial charge in [0.1, 0.15) is 5.76 Å². The Labute approximate surface area is 135 Å². The fraction of sp³-hybridized carbons (Fsp3) is 0.444. The lowest BCUT2D eigenvalue weighted by Gasteiger charge is -2.38. The third-order valence-electron chi connectivity index (χ3n) is 4.71. The minimum atomic E-state index is 0.137. The molecular weight excluding hydrogens is 326 g/mol.